The largest absolute Gasteiger partial charge is 0.619 e. The first kappa shape index (κ1) is 14.0. The first-order valence-corrected chi connectivity index (χ1v) is 6.37. The maximum atomic E-state index is 11.2. The van der Waals surface area contributed by atoms with Crippen molar-refractivity contribution in [3.63, 3.8) is 0 Å². The van der Waals surface area contributed by atoms with Crippen LogP contribution in [-0.2, 0) is 0 Å². The van der Waals surface area contributed by atoms with Crippen LogP contribution in [-0.4, -0.2) is 14.1 Å². The summed E-state index contributed by atoms with van der Waals surface area (Å²) < 4.78 is 0.802. The van der Waals surface area contributed by atoms with Crippen molar-refractivity contribution in [1.82, 2.24) is 0 Å². The number of hydrogen-bond acceptors (Lipinski definition) is 4. The van der Waals surface area contributed by atoms with Crippen molar-refractivity contribution in [2.75, 3.05) is 19.0 Å². The van der Waals surface area contributed by atoms with Crippen molar-refractivity contribution in [2.24, 2.45) is 10.2 Å². The van der Waals surface area contributed by atoms with E-state index < -0.39 is 0 Å². The highest BCUT2D eigenvalue weighted by Gasteiger charge is 2.02. The second-order valence-corrected chi connectivity index (χ2v) is 4.92. The van der Waals surface area contributed by atoms with Crippen LogP contribution < -0.4 is 9.63 Å². The van der Waals surface area contributed by atoms with E-state index in [1.54, 1.807) is 19.1 Å². The average molecular weight is 270 g/mol. The smallest absolute Gasteiger partial charge is 0.191 e. The Hall–Kier alpha value is -2.43. The van der Waals surface area contributed by atoms with E-state index in [1.807, 2.05) is 38.1 Å². The standard InChI is InChI=1S/C15H18N4O/c1-11-9-14(18(3)4)5-6-15(11)17-16-13-7-8-19(20)12(2)10-13/h5-10H,1-4H3. The number of nitrogens with zero attached hydrogens (tertiary/aromatic N) is 4. The summed E-state index contributed by atoms with van der Waals surface area (Å²) in [5.41, 5.74) is 4.29. The van der Waals surface area contributed by atoms with E-state index in [0.717, 1.165) is 21.7 Å². The molecule has 0 bridgehead atoms. The van der Waals surface area contributed by atoms with Gasteiger partial charge in [0.2, 0.25) is 0 Å². The predicted octanol–water partition coefficient (Wildman–Crippen LogP) is 3.42. The molecule has 20 heavy (non-hydrogen) atoms. The Balaban J connectivity index is 2.25. The lowest BCUT2D eigenvalue weighted by Crippen LogP contribution is -2.28. The van der Waals surface area contributed by atoms with Crippen molar-refractivity contribution >= 4 is 17.1 Å². The summed E-state index contributed by atoms with van der Waals surface area (Å²) in [6.45, 7) is 3.74. The third-order valence-electron chi connectivity index (χ3n) is 3.06. The van der Waals surface area contributed by atoms with Gasteiger partial charge in [0.05, 0.1) is 11.4 Å². The summed E-state index contributed by atoms with van der Waals surface area (Å²) in [7, 11) is 4.00. The van der Waals surface area contributed by atoms with Gasteiger partial charge in [0.15, 0.2) is 11.9 Å². The Morgan fingerprint density at radius 1 is 1.05 bits per heavy atom. The van der Waals surface area contributed by atoms with Crippen LogP contribution in [0.25, 0.3) is 0 Å². The van der Waals surface area contributed by atoms with Gasteiger partial charge >= 0.3 is 0 Å². The molecule has 0 amide bonds. The van der Waals surface area contributed by atoms with Gasteiger partial charge < -0.3 is 10.1 Å². The first-order chi connectivity index (χ1) is 9.47. The average Bonchev–Trinajstić information content (AvgIpc) is 2.41. The fourth-order valence-corrected chi connectivity index (χ4v) is 1.79. The minimum atomic E-state index is 0.598. The molecule has 0 atom stereocenters. The predicted molar refractivity (Wildman–Crippen MR) is 79.8 cm³/mol. The molecule has 0 spiro atoms. The van der Waals surface area contributed by atoms with Gasteiger partial charge in [-0.2, -0.15) is 15.0 Å². The summed E-state index contributed by atoms with van der Waals surface area (Å²) in [6.07, 6.45) is 1.44. The highest BCUT2D eigenvalue weighted by molar-refractivity contribution is 5.57. The van der Waals surface area contributed by atoms with Crippen molar-refractivity contribution in [3.8, 4) is 0 Å². The maximum Gasteiger partial charge on any atom is 0.191 e. The van der Waals surface area contributed by atoms with E-state index in [-0.39, 0.29) is 0 Å². The van der Waals surface area contributed by atoms with E-state index >= 15 is 0 Å². The van der Waals surface area contributed by atoms with E-state index in [4.69, 9.17) is 0 Å². The monoisotopic (exact) mass is 270 g/mol. The Morgan fingerprint density at radius 3 is 2.40 bits per heavy atom. The molecule has 0 unspecified atom stereocenters. The second kappa shape index (κ2) is 5.69. The van der Waals surface area contributed by atoms with Crippen LogP contribution in [0, 0.1) is 19.1 Å². The fraction of sp³-hybridized carbons (Fsp3) is 0.267. The molecular weight excluding hydrogens is 252 g/mol. The van der Waals surface area contributed by atoms with E-state index in [2.05, 4.69) is 16.3 Å². The molecule has 5 heteroatoms. The Labute approximate surface area is 118 Å². The Bertz CT molecular complexity index is 650. The first-order valence-electron chi connectivity index (χ1n) is 6.37. The summed E-state index contributed by atoms with van der Waals surface area (Å²) in [4.78, 5) is 2.04. The van der Waals surface area contributed by atoms with Crippen LogP contribution in [0.2, 0.25) is 0 Å². The van der Waals surface area contributed by atoms with Crippen molar-refractivity contribution < 1.29 is 4.73 Å². The molecule has 1 heterocycles. The zero-order chi connectivity index (χ0) is 14.7. The van der Waals surface area contributed by atoms with Gasteiger partial charge in [-0.1, -0.05) is 0 Å². The number of aryl methyl sites for hydroxylation is 2. The van der Waals surface area contributed by atoms with Crippen LogP contribution in [0.1, 0.15) is 11.3 Å². The summed E-state index contributed by atoms with van der Waals surface area (Å²) in [5.74, 6) is 0. The third-order valence-corrected chi connectivity index (χ3v) is 3.06. The molecule has 104 valence electrons. The third kappa shape index (κ3) is 3.12. The van der Waals surface area contributed by atoms with Crippen LogP contribution in [0.3, 0.4) is 0 Å². The van der Waals surface area contributed by atoms with Gasteiger partial charge in [0.1, 0.15) is 0 Å². The van der Waals surface area contributed by atoms with Gasteiger partial charge in [-0.15, -0.1) is 0 Å². The highest BCUT2D eigenvalue weighted by Crippen LogP contribution is 2.25. The zero-order valence-electron chi connectivity index (χ0n) is 12.2. The van der Waals surface area contributed by atoms with Crippen molar-refractivity contribution in [3.05, 3.63) is 53.0 Å². The molecule has 2 aromatic rings. The van der Waals surface area contributed by atoms with Gasteiger partial charge in [-0.25, -0.2) is 0 Å². The summed E-state index contributed by atoms with van der Waals surface area (Å²) >= 11 is 0. The number of azo groups is 1. The molecule has 0 radical (unpaired) electrons. The van der Waals surface area contributed by atoms with Gasteiger partial charge in [0.25, 0.3) is 0 Å². The van der Waals surface area contributed by atoms with Crippen LogP contribution in [0.5, 0.6) is 0 Å². The lowest BCUT2D eigenvalue weighted by atomic mass is 10.2. The van der Waals surface area contributed by atoms with Crippen LogP contribution in [0.15, 0.2) is 46.8 Å². The van der Waals surface area contributed by atoms with Crippen molar-refractivity contribution in [1.29, 1.82) is 0 Å². The van der Waals surface area contributed by atoms with Crippen LogP contribution in [0.4, 0.5) is 17.1 Å². The Kier molecular flexibility index (Phi) is 3.98. The molecule has 0 N–H and O–H groups in total. The second-order valence-electron chi connectivity index (χ2n) is 4.92. The summed E-state index contributed by atoms with van der Waals surface area (Å²) in [6, 6.07) is 9.37. The number of benzene rings is 1. The van der Waals surface area contributed by atoms with E-state index in [9.17, 15) is 5.21 Å². The minimum absolute atomic E-state index is 0.598. The zero-order valence-corrected chi connectivity index (χ0v) is 12.2. The molecule has 0 saturated carbocycles. The topological polar surface area (TPSA) is 54.9 Å². The normalized spacial score (nSPS) is 11.0. The molecule has 2 rings (SSSR count). The molecular formula is C15H18N4O. The fourth-order valence-electron chi connectivity index (χ4n) is 1.79. The molecule has 0 aliphatic heterocycles. The Morgan fingerprint density at radius 2 is 1.80 bits per heavy atom. The molecule has 0 aliphatic rings. The van der Waals surface area contributed by atoms with E-state index in [0.29, 0.717) is 11.4 Å². The van der Waals surface area contributed by atoms with E-state index in [1.165, 1.54) is 6.20 Å². The maximum absolute atomic E-state index is 11.2. The molecule has 1 aromatic heterocycles. The SMILES string of the molecule is Cc1cc(N(C)C)ccc1N=Nc1cc[n+]([O-])c(C)c1. The van der Waals surface area contributed by atoms with Gasteiger partial charge in [-0.3, -0.25) is 0 Å². The molecule has 0 saturated heterocycles. The molecule has 0 fully saturated rings. The van der Waals surface area contributed by atoms with Crippen LogP contribution >= 0.6 is 0 Å². The lowest BCUT2D eigenvalue weighted by molar-refractivity contribution is -0.612. The number of hydrogen-bond donors (Lipinski definition) is 0. The number of anilines is 1. The van der Waals surface area contributed by atoms with Gasteiger partial charge in [0, 0.05) is 38.8 Å². The van der Waals surface area contributed by atoms with Gasteiger partial charge in [-0.05, 0) is 30.7 Å². The molecule has 5 nitrogen and oxygen atoms in total. The minimum Gasteiger partial charge on any atom is -0.619 e. The highest BCUT2D eigenvalue weighted by atomic mass is 16.5. The summed E-state index contributed by atoms with van der Waals surface area (Å²) in [5, 5.41) is 19.7. The molecule has 1 aromatic carbocycles. The number of aromatic nitrogens is 1. The lowest BCUT2D eigenvalue weighted by Gasteiger charge is -2.13. The number of pyridine rings is 1. The quantitative estimate of drug-likeness (QED) is 0.487. The van der Waals surface area contributed by atoms with Crippen molar-refractivity contribution in [2.45, 2.75) is 13.8 Å². The molecule has 0 aliphatic carbocycles. The number of rotatable bonds is 3.